The Morgan fingerprint density at radius 3 is 2.88 bits per heavy atom. The van der Waals surface area contributed by atoms with Crippen LogP contribution in [0.1, 0.15) is 5.76 Å². The molecule has 17 heavy (non-hydrogen) atoms. The third kappa shape index (κ3) is 2.20. The Balaban J connectivity index is 2.50. The number of hydrogen-bond acceptors (Lipinski definition) is 4. The highest BCUT2D eigenvalue weighted by atomic mass is 16.4. The van der Waals surface area contributed by atoms with Gasteiger partial charge in [0.2, 0.25) is 0 Å². The number of fused-ring (bicyclic) bond motifs is 1. The first-order chi connectivity index (χ1) is 8.08. The zero-order valence-electron chi connectivity index (χ0n) is 8.64. The van der Waals surface area contributed by atoms with Crippen LogP contribution in [0.5, 0.6) is 5.75 Å². The summed E-state index contributed by atoms with van der Waals surface area (Å²) in [6, 6.07) is 5.64. The number of aromatic hydroxyl groups is 1. The maximum absolute atomic E-state index is 11.7. The third-order valence-corrected chi connectivity index (χ3v) is 2.20. The summed E-state index contributed by atoms with van der Waals surface area (Å²) >= 11 is 0. The van der Waals surface area contributed by atoms with E-state index in [-0.39, 0.29) is 34.5 Å². The summed E-state index contributed by atoms with van der Waals surface area (Å²) in [5.41, 5.74) is -0.272. The lowest BCUT2D eigenvalue weighted by Gasteiger charge is -2.03. The monoisotopic (exact) mass is 235 g/mol. The van der Waals surface area contributed by atoms with Gasteiger partial charge in [0.15, 0.2) is 16.8 Å². The molecule has 0 bridgehead atoms. The normalized spacial score (nSPS) is 10.4. The number of rotatable bonds is 2. The van der Waals surface area contributed by atoms with Crippen molar-refractivity contribution in [2.75, 3.05) is 0 Å². The third-order valence-electron chi connectivity index (χ3n) is 2.20. The molecule has 0 saturated carbocycles. The average Bonchev–Trinajstić information content (AvgIpc) is 2.28. The predicted molar refractivity (Wildman–Crippen MR) is 59.0 cm³/mol. The van der Waals surface area contributed by atoms with Crippen molar-refractivity contribution in [3.63, 3.8) is 0 Å². The molecule has 1 amide bonds. The van der Waals surface area contributed by atoms with Crippen LogP contribution in [0, 0.1) is 0 Å². The molecule has 0 fully saturated rings. The topological polar surface area (TPSA) is 99.8 Å². The maximum atomic E-state index is 11.7. The van der Waals surface area contributed by atoms with Crippen molar-refractivity contribution in [1.82, 2.24) is 5.32 Å². The molecule has 1 aromatic carbocycles. The van der Waals surface area contributed by atoms with Crippen LogP contribution in [-0.4, -0.2) is 16.3 Å². The molecule has 0 aliphatic heterocycles. The van der Waals surface area contributed by atoms with Crippen molar-refractivity contribution in [2.45, 2.75) is 6.54 Å². The van der Waals surface area contributed by atoms with Gasteiger partial charge in [0.05, 0.1) is 11.9 Å². The van der Waals surface area contributed by atoms with Crippen molar-refractivity contribution < 1.29 is 19.4 Å². The average molecular weight is 235 g/mol. The highest BCUT2D eigenvalue weighted by Gasteiger charge is 2.08. The van der Waals surface area contributed by atoms with E-state index >= 15 is 0 Å². The second kappa shape index (κ2) is 4.17. The summed E-state index contributed by atoms with van der Waals surface area (Å²) in [5.74, 6) is -0.0109. The van der Waals surface area contributed by atoms with Gasteiger partial charge in [-0.2, -0.15) is 0 Å². The minimum absolute atomic E-state index is 0.0576. The molecule has 3 N–H and O–H groups in total. The van der Waals surface area contributed by atoms with Crippen molar-refractivity contribution in [2.24, 2.45) is 0 Å². The molecule has 0 radical (unpaired) electrons. The Kier molecular flexibility index (Phi) is 2.70. The van der Waals surface area contributed by atoms with Gasteiger partial charge in [0.1, 0.15) is 5.76 Å². The van der Waals surface area contributed by atoms with Gasteiger partial charge in [0.25, 0.3) is 0 Å². The molecular formula is C11H9NO5. The van der Waals surface area contributed by atoms with Crippen molar-refractivity contribution in [3.05, 3.63) is 40.2 Å². The Hall–Kier alpha value is -2.50. The number of benzene rings is 1. The van der Waals surface area contributed by atoms with E-state index in [1.165, 1.54) is 24.3 Å². The summed E-state index contributed by atoms with van der Waals surface area (Å²) in [5, 5.41) is 20.3. The van der Waals surface area contributed by atoms with Crippen LogP contribution in [-0.2, 0) is 6.54 Å². The lowest BCUT2D eigenvalue weighted by Crippen LogP contribution is -2.20. The molecule has 88 valence electrons. The molecule has 0 saturated heterocycles. The first-order valence-electron chi connectivity index (χ1n) is 4.79. The summed E-state index contributed by atoms with van der Waals surface area (Å²) in [7, 11) is 0. The number of carboxylic acid groups (broad SMARTS) is 1. The van der Waals surface area contributed by atoms with Crippen LogP contribution in [0.25, 0.3) is 11.0 Å². The Morgan fingerprint density at radius 1 is 1.41 bits per heavy atom. The molecule has 6 heteroatoms. The predicted octanol–water partition coefficient (Wildman–Crippen LogP) is 1.27. The van der Waals surface area contributed by atoms with Gasteiger partial charge < -0.3 is 19.9 Å². The summed E-state index contributed by atoms with van der Waals surface area (Å²) in [6.45, 7) is -0.130. The lowest BCUT2D eigenvalue weighted by atomic mass is 10.2. The van der Waals surface area contributed by atoms with Gasteiger partial charge in [-0.05, 0) is 12.1 Å². The zero-order chi connectivity index (χ0) is 12.4. The quantitative estimate of drug-likeness (QED) is 0.727. The first-order valence-corrected chi connectivity index (χ1v) is 4.79. The molecule has 0 aliphatic rings. The van der Waals surface area contributed by atoms with Gasteiger partial charge in [-0.3, -0.25) is 4.79 Å². The van der Waals surface area contributed by atoms with E-state index in [9.17, 15) is 14.7 Å². The van der Waals surface area contributed by atoms with Crippen LogP contribution in [0.2, 0.25) is 0 Å². The smallest absolute Gasteiger partial charge is 0.405 e. The fraction of sp³-hybridized carbons (Fsp3) is 0.0909. The van der Waals surface area contributed by atoms with Crippen LogP contribution in [0.3, 0.4) is 0 Å². The number of hydrogen-bond donors (Lipinski definition) is 3. The molecule has 6 nitrogen and oxygen atoms in total. The Bertz CT molecular complexity index is 631. The second-order valence-corrected chi connectivity index (χ2v) is 3.39. The van der Waals surface area contributed by atoms with Crippen LogP contribution < -0.4 is 10.7 Å². The molecule has 2 rings (SSSR count). The van der Waals surface area contributed by atoms with E-state index in [1.807, 2.05) is 0 Å². The van der Waals surface area contributed by atoms with Crippen LogP contribution in [0.15, 0.2) is 33.5 Å². The number of nitrogens with one attached hydrogen (secondary N) is 1. The van der Waals surface area contributed by atoms with E-state index < -0.39 is 6.09 Å². The van der Waals surface area contributed by atoms with E-state index in [4.69, 9.17) is 9.52 Å². The highest BCUT2D eigenvalue weighted by Crippen LogP contribution is 2.22. The summed E-state index contributed by atoms with van der Waals surface area (Å²) in [4.78, 5) is 22.0. The number of para-hydroxylation sites is 1. The first kappa shape index (κ1) is 11.0. The lowest BCUT2D eigenvalue weighted by molar-refractivity contribution is 0.193. The Labute approximate surface area is 95.1 Å². The fourth-order valence-corrected chi connectivity index (χ4v) is 1.46. The highest BCUT2D eigenvalue weighted by molar-refractivity contribution is 5.81. The molecular weight excluding hydrogens is 226 g/mol. The largest absolute Gasteiger partial charge is 0.504 e. The van der Waals surface area contributed by atoms with Gasteiger partial charge in [-0.15, -0.1) is 0 Å². The number of phenolic OH excluding ortho intramolecular Hbond substituents is 1. The fourth-order valence-electron chi connectivity index (χ4n) is 1.46. The van der Waals surface area contributed by atoms with Gasteiger partial charge in [0, 0.05) is 6.07 Å². The van der Waals surface area contributed by atoms with E-state index in [1.54, 1.807) is 0 Å². The number of carbonyl (C=O) groups is 1. The Morgan fingerprint density at radius 2 is 2.18 bits per heavy atom. The van der Waals surface area contributed by atoms with Crippen molar-refractivity contribution in [3.8, 4) is 5.75 Å². The maximum Gasteiger partial charge on any atom is 0.405 e. The van der Waals surface area contributed by atoms with E-state index in [0.29, 0.717) is 0 Å². The number of amides is 1. The van der Waals surface area contributed by atoms with Crippen molar-refractivity contribution in [1.29, 1.82) is 0 Å². The van der Waals surface area contributed by atoms with Gasteiger partial charge in [-0.25, -0.2) is 4.79 Å². The SMILES string of the molecule is O=C(O)NCc1cc(=O)c2cccc(O)c2o1. The molecule has 1 aromatic heterocycles. The van der Waals surface area contributed by atoms with Gasteiger partial charge >= 0.3 is 6.09 Å². The van der Waals surface area contributed by atoms with Crippen molar-refractivity contribution >= 4 is 17.1 Å². The minimum Gasteiger partial charge on any atom is -0.504 e. The van der Waals surface area contributed by atoms with E-state index in [2.05, 4.69) is 5.32 Å². The molecule has 1 heterocycles. The zero-order valence-corrected chi connectivity index (χ0v) is 8.64. The van der Waals surface area contributed by atoms with E-state index in [0.717, 1.165) is 0 Å². The molecule has 2 aromatic rings. The summed E-state index contributed by atoms with van der Waals surface area (Å²) in [6.07, 6.45) is -1.22. The number of phenols is 1. The molecule has 0 aliphatic carbocycles. The minimum atomic E-state index is -1.22. The summed E-state index contributed by atoms with van der Waals surface area (Å²) < 4.78 is 5.25. The second-order valence-electron chi connectivity index (χ2n) is 3.39. The van der Waals surface area contributed by atoms with Crippen LogP contribution in [0.4, 0.5) is 4.79 Å². The molecule has 0 atom stereocenters. The van der Waals surface area contributed by atoms with Gasteiger partial charge in [-0.1, -0.05) is 6.07 Å². The molecule has 0 spiro atoms. The van der Waals surface area contributed by atoms with Crippen LogP contribution >= 0.6 is 0 Å². The standard InChI is InChI=1S/C11H9NO5/c13-8-3-1-2-7-9(14)4-6(17-10(7)8)5-12-11(15)16/h1-4,12-13H,5H2,(H,15,16). The molecule has 0 unspecified atom stereocenters.